The lowest BCUT2D eigenvalue weighted by atomic mass is 10.0. The highest BCUT2D eigenvalue weighted by atomic mass is 127. The van der Waals surface area contributed by atoms with E-state index in [9.17, 15) is 0 Å². The van der Waals surface area contributed by atoms with E-state index >= 15 is 0 Å². The Hall–Kier alpha value is -0.340. The molecule has 1 unspecified atom stereocenters. The molecule has 22 heavy (non-hydrogen) atoms. The smallest absolute Gasteiger partial charge is 0.191 e. The van der Waals surface area contributed by atoms with Crippen LogP contribution in [0.15, 0.2) is 21.8 Å². The maximum atomic E-state index is 4.29. The fourth-order valence-corrected chi connectivity index (χ4v) is 3.60. The Morgan fingerprint density at radius 3 is 2.95 bits per heavy atom. The summed E-state index contributed by atoms with van der Waals surface area (Å²) in [5, 5.41) is 11.1. The van der Waals surface area contributed by atoms with E-state index in [1.807, 2.05) is 7.05 Å². The van der Waals surface area contributed by atoms with Gasteiger partial charge in [-0.25, -0.2) is 0 Å². The number of piperidine rings is 1. The zero-order chi connectivity index (χ0) is 14.9. The molecule has 2 N–H and O–H groups in total. The molecule has 1 aliphatic heterocycles. The SMILES string of the molecule is CCC1CCCCN1CCNC(=NC)NCc1ccsc1.I. The Kier molecular flexibility index (Phi) is 10.1. The number of hydrogen-bond donors (Lipinski definition) is 2. The van der Waals surface area contributed by atoms with Gasteiger partial charge in [-0.3, -0.25) is 9.89 Å². The van der Waals surface area contributed by atoms with Crippen molar-refractivity contribution in [2.24, 2.45) is 4.99 Å². The standard InChI is InChI=1S/C16H28N4S.HI/c1-3-15-6-4-5-9-20(15)10-8-18-16(17-2)19-12-14-7-11-21-13-14;/h7,11,13,15H,3-6,8-10,12H2,1-2H3,(H2,17,18,19);1H. The van der Waals surface area contributed by atoms with E-state index < -0.39 is 0 Å². The summed E-state index contributed by atoms with van der Waals surface area (Å²) in [5.41, 5.74) is 1.31. The van der Waals surface area contributed by atoms with Gasteiger partial charge in [-0.15, -0.1) is 24.0 Å². The second-order valence-electron chi connectivity index (χ2n) is 5.58. The molecular formula is C16H29IN4S. The van der Waals surface area contributed by atoms with Gasteiger partial charge in [0.25, 0.3) is 0 Å². The number of rotatable bonds is 6. The molecule has 0 saturated carbocycles. The quantitative estimate of drug-likeness (QED) is 0.409. The fraction of sp³-hybridized carbons (Fsp3) is 0.688. The Balaban J connectivity index is 0.00000242. The van der Waals surface area contributed by atoms with Gasteiger partial charge in [-0.1, -0.05) is 13.3 Å². The van der Waals surface area contributed by atoms with Gasteiger partial charge in [-0.2, -0.15) is 11.3 Å². The minimum Gasteiger partial charge on any atom is -0.355 e. The predicted molar refractivity (Wildman–Crippen MR) is 107 cm³/mol. The highest BCUT2D eigenvalue weighted by Crippen LogP contribution is 2.18. The zero-order valence-corrected chi connectivity index (χ0v) is 16.8. The van der Waals surface area contributed by atoms with Crippen molar-refractivity contribution in [2.75, 3.05) is 26.7 Å². The zero-order valence-electron chi connectivity index (χ0n) is 13.7. The molecule has 0 aliphatic carbocycles. The maximum Gasteiger partial charge on any atom is 0.191 e. The third-order valence-electron chi connectivity index (χ3n) is 4.18. The van der Waals surface area contributed by atoms with Crippen molar-refractivity contribution in [3.05, 3.63) is 22.4 Å². The van der Waals surface area contributed by atoms with E-state index in [4.69, 9.17) is 0 Å². The van der Waals surface area contributed by atoms with Crippen molar-refractivity contribution in [3.63, 3.8) is 0 Å². The number of hydrogen-bond acceptors (Lipinski definition) is 3. The van der Waals surface area contributed by atoms with Gasteiger partial charge >= 0.3 is 0 Å². The summed E-state index contributed by atoms with van der Waals surface area (Å²) in [7, 11) is 1.83. The van der Waals surface area contributed by atoms with Gasteiger partial charge in [0.1, 0.15) is 0 Å². The van der Waals surface area contributed by atoms with Gasteiger partial charge in [0.2, 0.25) is 0 Å². The monoisotopic (exact) mass is 436 g/mol. The first-order valence-electron chi connectivity index (χ1n) is 8.03. The van der Waals surface area contributed by atoms with Crippen molar-refractivity contribution in [1.29, 1.82) is 0 Å². The first-order chi connectivity index (χ1) is 10.3. The van der Waals surface area contributed by atoms with Crippen LogP contribution >= 0.6 is 35.3 Å². The highest BCUT2D eigenvalue weighted by molar-refractivity contribution is 14.0. The topological polar surface area (TPSA) is 39.7 Å². The highest BCUT2D eigenvalue weighted by Gasteiger charge is 2.19. The van der Waals surface area contributed by atoms with Crippen LogP contribution in [0.1, 0.15) is 38.2 Å². The first kappa shape index (κ1) is 19.7. The first-order valence-corrected chi connectivity index (χ1v) is 8.97. The summed E-state index contributed by atoms with van der Waals surface area (Å²) in [6.07, 6.45) is 5.38. The molecule has 2 heterocycles. The number of halogens is 1. The van der Waals surface area contributed by atoms with Crippen LogP contribution < -0.4 is 10.6 Å². The Morgan fingerprint density at radius 2 is 2.27 bits per heavy atom. The van der Waals surface area contributed by atoms with Crippen molar-refractivity contribution in [3.8, 4) is 0 Å². The Bertz CT molecular complexity index is 422. The largest absolute Gasteiger partial charge is 0.355 e. The molecule has 1 aromatic heterocycles. The van der Waals surface area contributed by atoms with E-state index in [0.717, 1.165) is 31.6 Å². The molecule has 0 bridgehead atoms. The molecule has 0 radical (unpaired) electrons. The van der Waals surface area contributed by atoms with Crippen LogP contribution in [-0.2, 0) is 6.54 Å². The third kappa shape index (κ3) is 6.42. The van der Waals surface area contributed by atoms with Gasteiger partial charge < -0.3 is 10.6 Å². The van der Waals surface area contributed by atoms with E-state index in [1.54, 1.807) is 11.3 Å². The van der Waals surface area contributed by atoms with E-state index in [0.29, 0.717) is 0 Å². The molecular weight excluding hydrogens is 407 g/mol. The van der Waals surface area contributed by atoms with Crippen molar-refractivity contribution < 1.29 is 0 Å². The average Bonchev–Trinajstić information content (AvgIpc) is 3.04. The van der Waals surface area contributed by atoms with Gasteiger partial charge in [0.15, 0.2) is 5.96 Å². The summed E-state index contributed by atoms with van der Waals surface area (Å²) < 4.78 is 0. The van der Waals surface area contributed by atoms with E-state index in [-0.39, 0.29) is 24.0 Å². The van der Waals surface area contributed by atoms with Crippen LogP contribution in [0.25, 0.3) is 0 Å². The Morgan fingerprint density at radius 1 is 1.41 bits per heavy atom. The number of guanidine groups is 1. The van der Waals surface area contributed by atoms with Gasteiger partial charge in [-0.05, 0) is 48.2 Å². The summed E-state index contributed by atoms with van der Waals surface area (Å²) in [4.78, 5) is 6.92. The lowest BCUT2D eigenvalue weighted by molar-refractivity contribution is 0.147. The average molecular weight is 436 g/mol. The number of nitrogens with zero attached hydrogens (tertiary/aromatic N) is 2. The summed E-state index contributed by atoms with van der Waals surface area (Å²) in [6, 6.07) is 2.92. The second-order valence-corrected chi connectivity index (χ2v) is 6.36. The number of nitrogens with one attached hydrogen (secondary N) is 2. The normalized spacial score (nSPS) is 19.5. The fourth-order valence-electron chi connectivity index (χ4n) is 2.93. The van der Waals surface area contributed by atoms with E-state index in [2.05, 4.69) is 44.3 Å². The van der Waals surface area contributed by atoms with Gasteiger partial charge in [0.05, 0.1) is 0 Å². The molecule has 1 aliphatic rings. The lowest BCUT2D eigenvalue weighted by Crippen LogP contribution is -2.45. The molecule has 1 fully saturated rings. The van der Waals surface area contributed by atoms with Crippen molar-refractivity contribution in [2.45, 2.75) is 45.2 Å². The Labute approximate surface area is 155 Å². The number of thiophene rings is 1. The molecule has 0 amide bonds. The maximum absolute atomic E-state index is 4.29. The molecule has 1 saturated heterocycles. The van der Waals surface area contributed by atoms with Crippen molar-refractivity contribution in [1.82, 2.24) is 15.5 Å². The minimum absolute atomic E-state index is 0. The number of aliphatic imine (C=N–C) groups is 1. The molecule has 4 nitrogen and oxygen atoms in total. The third-order valence-corrected chi connectivity index (χ3v) is 4.91. The van der Waals surface area contributed by atoms with Crippen molar-refractivity contribution >= 4 is 41.3 Å². The molecule has 126 valence electrons. The van der Waals surface area contributed by atoms with E-state index in [1.165, 1.54) is 37.8 Å². The van der Waals surface area contributed by atoms with Crippen LogP contribution in [-0.4, -0.2) is 43.6 Å². The van der Waals surface area contributed by atoms with Gasteiger partial charge in [0, 0.05) is 32.7 Å². The molecule has 6 heteroatoms. The number of likely N-dealkylation sites (tertiary alicyclic amines) is 1. The van der Waals surface area contributed by atoms with Crippen LogP contribution in [0.3, 0.4) is 0 Å². The summed E-state index contributed by atoms with van der Waals surface area (Å²) in [6.45, 7) is 6.46. The molecule has 2 rings (SSSR count). The van der Waals surface area contributed by atoms with Crippen LogP contribution in [0.2, 0.25) is 0 Å². The lowest BCUT2D eigenvalue weighted by Gasteiger charge is -2.35. The van der Waals surface area contributed by atoms with Crippen LogP contribution in [0.5, 0.6) is 0 Å². The molecule has 1 atom stereocenters. The van der Waals surface area contributed by atoms with Crippen LogP contribution in [0, 0.1) is 0 Å². The summed E-state index contributed by atoms with van der Waals surface area (Å²) in [5.74, 6) is 0.895. The molecule has 1 aromatic rings. The predicted octanol–water partition coefficient (Wildman–Crippen LogP) is 3.30. The summed E-state index contributed by atoms with van der Waals surface area (Å²) >= 11 is 1.73. The molecule has 0 spiro atoms. The second kappa shape index (κ2) is 11.2. The molecule has 0 aromatic carbocycles. The minimum atomic E-state index is 0. The van der Waals surface area contributed by atoms with Crippen LogP contribution in [0.4, 0.5) is 0 Å².